The Balaban J connectivity index is 0. The monoisotopic (exact) mass is 109 g/mol. The quantitative estimate of drug-likeness (QED) is 0.242. The molecule has 0 aliphatic heterocycles. The van der Waals surface area contributed by atoms with E-state index in [0.717, 1.165) is 0 Å². The summed E-state index contributed by atoms with van der Waals surface area (Å²) in [6, 6.07) is 0. The van der Waals surface area contributed by atoms with Gasteiger partial charge in [-0.3, -0.25) is 0 Å². The van der Waals surface area contributed by atoms with E-state index in [1.165, 1.54) is 0 Å². The van der Waals surface area contributed by atoms with Crippen LogP contribution < -0.4 is 18.9 Å². The number of rotatable bonds is 0. The Labute approximate surface area is 61.8 Å². The molecule has 0 nitrogen and oxygen atoms in total. The Morgan fingerprint density at radius 1 is 1.00 bits per heavy atom. The van der Waals surface area contributed by atoms with E-state index >= 15 is 0 Å². The van der Waals surface area contributed by atoms with Gasteiger partial charge in [-0.25, -0.2) is 0 Å². The molecule has 0 aliphatic rings. The van der Waals surface area contributed by atoms with Crippen LogP contribution >= 0.6 is 17.0 Å². The second-order valence-corrected chi connectivity index (χ2v) is 0. The van der Waals surface area contributed by atoms with Gasteiger partial charge >= 0.3 is 18.9 Å². The largest absolute Gasteiger partial charge is 1.00 e. The van der Waals surface area contributed by atoms with E-state index in [-0.39, 0.29) is 62.1 Å². The summed E-state index contributed by atoms with van der Waals surface area (Å²) >= 11 is 0. The Morgan fingerprint density at radius 2 is 1.00 bits per heavy atom. The SMILES string of the molecule is Br.[CH3-].[Li+].[Li]. The third-order valence-corrected chi connectivity index (χ3v) is 0. The zero-order valence-electron chi connectivity index (χ0n) is 3.41. The molecule has 0 aromatic carbocycles. The number of hydrogen-bond donors (Lipinski definition) is 0. The van der Waals surface area contributed by atoms with Gasteiger partial charge in [-0.15, -0.1) is 17.0 Å². The van der Waals surface area contributed by atoms with E-state index in [4.69, 9.17) is 0 Å². The van der Waals surface area contributed by atoms with Gasteiger partial charge < -0.3 is 7.43 Å². The maximum absolute atomic E-state index is 0. The van der Waals surface area contributed by atoms with E-state index in [1.807, 2.05) is 0 Å². The van der Waals surface area contributed by atoms with Gasteiger partial charge in [-0.1, -0.05) is 0 Å². The number of halogens is 1. The number of hydrogen-bond acceptors (Lipinski definition) is 0. The molecule has 3 heteroatoms. The molecule has 0 saturated carbocycles. The summed E-state index contributed by atoms with van der Waals surface area (Å²) in [7, 11) is 0. The van der Waals surface area contributed by atoms with Crippen LogP contribution in [0.5, 0.6) is 0 Å². The minimum atomic E-state index is 0. The fraction of sp³-hybridized carbons (Fsp3) is 0. The first kappa shape index (κ1) is 44.2. The standard InChI is InChI=1S/CH3.BrH.2Li/h1H3;1H;;/q-1;;;+1. The van der Waals surface area contributed by atoms with Gasteiger partial charge in [0.05, 0.1) is 0 Å². The summed E-state index contributed by atoms with van der Waals surface area (Å²) in [5.74, 6) is 0. The molecule has 0 unspecified atom stereocenters. The summed E-state index contributed by atoms with van der Waals surface area (Å²) in [5, 5.41) is 0. The molecule has 0 spiro atoms. The van der Waals surface area contributed by atoms with Crippen molar-refractivity contribution < 1.29 is 18.9 Å². The van der Waals surface area contributed by atoms with Crippen LogP contribution in [0.2, 0.25) is 0 Å². The second-order valence-electron chi connectivity index (χ2n) is 0. The minimum Gasteiger partial charge on any atom is -0.358 e. The average Bonchev–Trinajstić information content (AvgIpc) is 0. The van der Waals surface area contributed by atoms with Crippen molar-refractivity contribution in [3.05, 3.63) is 7.43 Å². The molecule has 0 aromatic heterocycles. The van der Waals surface area contributed by atoms with Crippen LogP contribution in [-0.4, -0.2) is 18.9 Å². The van der Waals surface area contributed by atoms with Gasteiger partial charge in [0.1, 0.15) is 0 Å². The van der Waals surface area contributed by atoms with Crippen LogP contribution in [0.1, 0.15) is 0 Å². The molecule has 0 aromatic rings. The molecule has 0 N–H and O–H groups in total. The van der Waals surface area contributed by atoms with Gasteiger partial charge in [-0.2, -0.15) is 0 Å². The van der Waals surface area contributed by atoms with Crippen molar-refractivity contribution in [2.24, 2.45) is 0 Å². The van der Waals surface area contributed by atoms with Crippen molar-refractivity contribution in [2.75, 3.05) is 0 Å². The van der Waals surface area contributed by atoms with E-state index in [2.05, 4.69) is 0 Å². The Kier molecular flexibility index (Phi) is 249. The third kappa shape index (κ3) is 9.37. The molecule has 17 valence electrons. The molecular weight excluding hydrogens is 106 g/mol. The topological polar surface area (TPSA) is 0 Å². The molecule has 0 saturated heterocycles. The van der Waals surface area contributed by atoms with Crippen molar-refractivity contribution in [2.45, 2.75) is 0 Å². The predicted molar refractivity (Wildman–Crippen MR) is 22.5 cm³/mol. The summed E-state index contributed by atoms with van der Waals surface area (Å²) in [5.41, 5.74) is 0. The first-order valence-corrected chi connectivity index (χ1v) is 0. The summed E-state index contributed by atoms with van der Waals surface area (Å²) in [4.78, 5) is 0. The van der Waals surface area contributed by atoms with E-state index in [9.17, 15) is 0 Å². The first-order chi connectivity index (χ1) is 0. The van der Waals surface area contributed by atoms with Crippen LogP contribution in [0.25, 0.3) is 0 Å². The molecule has 0 fully saturated rings. The summed E-state index contributed by atoms with van der Waals surface area (Å²) in [6.07, 6.45) is 0. The molecule has 0 heterocycles. The molecule has 0 bridgehead atoms. The first-order valence-electron chi connectivity index (χ1n) is 0. The normalized spacial score (nSPS) is 0. The van der Waals surface area contributed by atoms with Crippen LogP contribution in [0, 0.1) is 7.43 Å². The van der Waals surface area contributed by atoms with Crippen molar-refractivity contribution >= 4 is 35.8 Å². The molecule has 0 rings (SSSR count). The third-order valence-electron chi connectivity index (χ3n) is 0. The van der Waals surface area contributed by atoms with Crippen molar-refractivity contribution in [1.29, 1.82) is 0 Å². The second kappa shape index (κ2) is 22.5. The molecule has 0 amide bonds. The Morgan fingerprint density at radius 3 is 1.00 bits per heavy atom. The zero-order chi connectivity index (χ0) is 0. The molecular formula is CH4BrLi2. The summed E-state index contributed by atoms with van der Waals surface area (Å²) < 4.78 is 0. The van der Waals surface area contributed by atoms with Crippen LogP contribution in [0.3, 0.4) is 0 Å². The average molecular weight is 110 g/mol. The molecule has 4 heavy (non-hydrogen) atoms. The van der Waals surface area contributed by atoms with Crippen LogP contribution in [0.15, 0.2) is 0 Å². The zero-order valence-corrected chi connectivity index (χ0v) is 5.12. The fourth-order valence-corrected chi connectivity index (χ4v) is 0. The van der Waals surface area contributed by atoms with E-state index in [0.29, 0.717) is 0 Å². The van der Waals surface area contributed by atoms with E-state index in [1.54, 1.807) is 0 Å². The maximum Gasteiger partial charge on any atom is 1.00 e. The van der Waals surface area contributed by atoms with Crippen molar-refractivity contribution in [1.82, 2.24) is 0 Å². The maximum atomic E-state index is 0. The van der Waals surface area contributed by atoms with E-state index < -0.39 is 0 Å². The fourth-order valence-electron chi connectivity index (χ4n) is 0. The molecule has 0 aliphatic carbocycles. The minimum absolute atomic E-state index is 0. The summed E-state index contributed by atoms with van der Waals surface area (Å²) in [6.45, 7) is 0. The molecule has 1 radical (unpaired) electrons. The van der Waals surface area contributed by atoms with Gasteiger partial charge in [0, 0.05) is 18.9 Å². The predicted octanol–water partition coefficient (Wildman–Crippen LogP) is -2.35. The van der Waals surface area contributed by atoms with Crippen molar-refractivity contribution in [3.8, 4) is 0 Å². The molecule has 0 atom stereocenters. The van der Waals surface area contributed by atoms with Gasteiger partial charge in [-0.05, 0) is 0 Å². The van der Waals surface area contributed by atoms with Gasteiger partial charge in [0.15, 0.2) is 0 Å². The Hall–Kier alpha value is 1.67. The van der Waals surface area contributed by atoms with Gasteiger partial charge in [0.2, 0.25) is 0 Å². The van der Waals surface area contributed by atoms with Crippen LogP contribution in [-0.2, 0) is 0 Å². The van der Waals surface area contributed by atoms with Gasteiger partial charge in [0.25, 0.3) is 0 Å². The van der Waals surface area contributed by atoms with Crippen molar-refractivity contribution in [3.63, 3.8) is 0 Å². The van der Waals surface area contributed by atoms with Crippen LogP contribution in [0.4, 0.5) is 0 Å². The Bertz CT molecular complexity index is 6.00. The smallest absolute Gasteiger partial charge is 0.358 e.